The highest BCUT2D eigenvalue weighted by Crippen LogP contribution is 2.33. The molecule has 2 aromatic carbocycles. The molecule has 1 unspecified atom stereocenters. The molecule has 2 heterocycles. The Morgan fingerprint density at radius 2 is 2.00 bits per heavy atom. The molecule has 0 radical (unpaired) electrons. The number of aliphatic imine (C=N–C) groups is 1. The van der Waals surface area contributed by atoms with Crippen LogP contribution in [0.1, 0.15) is 27.1 Å². The minimum atomic E-state index is -0.576. The molecule has 0 saturated carbocycles. The van der Waals surface area contributed by atoms with E-state index in [0.717, 1.165) is 6.42 Å². The SMILES string of the molecule is CN1CCOc2cc(Oc3cc(OC4CCOC4)cc(C(=O)N=C(N)/C=C\N)c3)ccc2C1=O. The quantitative estimate of drug-likeness (QED) is 0.487. The largest absolute Gasteiger partial charge is 0.491 e. The molecule has 0 aliphatic carbocycles. The molecule has 0 aromatic heterocycles. The van der Waals surface area contributed by atoms with Gasteiger partial charge in [0, 0.05) is 31.2 Å². The lowest BCUT2D eigenvalue weighted by Crippen LogP contribution is -2.27. The second-order valence-electron chi connectivity index (χ2n) is 7.83. The van der Waals surface area contributed by atoms with E-state index in [1.54, 1.807) is 42.3 Å². The number of rotatable bonds is 6. The number of carbonyl (C=O) groups is 2. The van der Waals surface area contributed by atoms with Crippen LogP contribution in [-0.4, -0.2) is 62.1 Å². The maximum Gasteiger partial charge on any atom is 0.279 e. The van der Waals surface area contributed by atoms with Crippen LogP contribution in [0.15, 0.2) is 53.7 Å². The normalized spacial score (nSPS) is 18.4. The van der Waals surface area contributed by atoms with Crippen molar-refractivity contribution in [1.82, 2.24) is 4.90 Å². The van der Waals surface area contributed by atoms with Crippen LogP contribution in [0.3, 0.4) is 0 Å². The van der Waals surface area contributed by atoms with Gasteiger partial charge in [-0.2, -0.15) is 4.99 Å². The summed E-state index contributed by atoms with van der Waals surface area (Å²) in [6.45, 7) is 1.94. The van der Waals surface area contributed by atoms with Crippen molar-refractivity contribution >= 4 is 17.6 Å². The third kappa shape index (κ3) is 5.46. The molecule has 0 spiro atoms. The van der Waals surface area contributed by atoms with Crippen LogP contribution in [0.4, 0.5) is 0 Å². The highest BCUT2D eigenvalue weighted by molar-refractivity contribution is 6.06. The van der Waals surface area contributed by atoms with Crippen LogP contribution in [0.25, 0.3) is 0 Å². The van der Waals surface area contributed by atoms with E-state index in [2.05, 4.69) is 4.99 Å². The van der Waals surface area contributed by atoms with Crippen LogP contribution < -0.4 is 25.7 Å². The van der Waals surface area contributed by atoms with Gasteiger partial charge in [0.1, 0.15) is 41.5 Å². The smallest absolute Gasteiger partial charge is 0.279 e. The second kappa shape index (κ2) is 10.3. The third-order valence-corrected chi connectivity index (χ3v) is 5.27. The summed E-state index contributed by atoms with van der Waals surface area (Å²) < 4.78 is 23.1. The number of amidine groups is 1. The Morgan fingerprint density at radius 1 is 1.18 bits per heavy atom. The van der Waals surface area contributed by atoms with Gasteiger partial charge in [-0.25, -0.2) is 0 Å². The van der Waals surface area contributed by atoms with Crippen LogP contribution in [-0.2, 0) is 4.74 Å². The average molecular weight is 466 g/mol. The van der Waals surface area contributed by atoms with Crippen molar-refractivity contribution in [3.8, 4) is 23.0 Å². The number of hydrogen-bond acceptors (Lipinski definition) is 7. The van der Waals surface area contributed by atoms with E-state index in [0.29, 0.717) is 54.9 Å². The fourth-order valence-electron chi connectivity index (χ4n) is 3.54. The van der Waals surface area contributed by atoms with Crippen molar-refractivity contribution in [2.45, 2.75) is 12.5 Å². The number of amides is 2. The molecule has 0 bridgehead atoms. The van der Waals surface area contributed by atoms with Gasteiger partial charge in [-0.3, -0.25) is 9.59 Å². The molecule has 2 amide bonds. The van der Waals surface area contributed by atoms with E-state index in [-0.39, 0.29) is 23.4 Å². The number of nitrogens with two attached hydrogens (primary N) is 2. The molecule has 2 aliphatic rings. The predicted octanol–water partition coefficient (Wildman–Crippen LogP) is 2.08. The van der Waals surface area contributed by atoms with Gasteiger partial charge in [-0.1, -0.05) is 0 Å². The van der Waals surface area contributed by atoms with Crippen molar-refractivity contribution < 1.29 is 28.5 Å². The van der Waals surface area contributed by atoms with Crippen LogP contribution in [0, 0.1) is 0 Å². The number of hydrogen-bond donors (Lipinski definition) is 2. The minimum Gasteiger partial charge on any atom is -0.491 e. The van der Waals surface area contributed by atoms with Crippen molar-refractivity contribution in [2.24, 2.45) is 16.5 Å². The summed E-state index contributed by atoms with van der Waals surface area (Å²) >= 11 is 0. The molecule has 10 heteroatoms. The van der Waals surface area contributed by atoms with Gasteiger partial charge in [-0.05, 0) is 36.5 Å². The second-order valence-corrected chi connectivity index (χ2v) is 7.83. The highest BCUT2D eigenvalue weighted by atomic mass is 16.5. The van der Waals surface area contributed by atoms with Gasteiger partial charge in [0.2, 0.25) is 0 Å². The van der Waals surface area contributed by atoms with E-state index in [4.69, 9.17) is 30.4 Å². The molecular weight excluding hydrogens is 440 g/mol. The van der Waals surface area contributed by atoms with Crippen molar-refractivity contribution in [1.29, 1.82) is 0 Å². The minimum absolute atomic E-state index is 0.0250. The lowest BCUT2D eigenvalue weighted by Gasteiger charge is -2.15. The fourth-order valence-corrected chi connectivity index (χ4v) is 3.54. The number of likely N-dealkylation sites (N-methyl/N-ethyl adjacent to an activating group) is 1. The molecule has 1 saturated heterocycles. The molecule has 178 valence electrons. The van der Waals surface area contributed by atoms with Crippen LogP contribution >= 0.6 is 0 Å². The predicted molar refractivity (Wildman–Crippen MR) is 125 cm³/mol. The van der Waals surface area contributed by atoms with E-state index in [9.17, 15) is 9.59 Å². The first kappa shape index (κ1) is 23.1. The van der Waals surface area contributed by atoms with E-state index in [1.165, 1.54) is 18.3 Å². The Labute approximate surface area is 196 Å². The van der Waals surface area contributed by atoms with Crippen molar-refractivity contribution in [3.05, 3.63) is 59.8 Å². The molecule has 2 aliphatic heterocycles. The Hall–Kier alpha value is -4.05. The molecule has 1 fully saturated rings. The zero-order valence-electron chi connectivity index (χ0n) is 18.7. The Morgan fingerprint density at radius 3 is 2.76 bits per heavy atom. The summed E-state index contributed by atoms with van der Waals surface area (Å²) in [4.78, 5) is 30.6. The maximum atomic E-state index is 12.7. The first-order valence-corrected chi connectivity index (χ1v) is 10.8. The lowest BCUT2D eigenvalue weighted by atomic mass is 10.1. The van der Waals surface area contributed by atoms with Crippen LogP contribution in [0.5, 0.6) is 23.0 Å². The summed E-state index contributed by atoms with van der Waals surface area (Å²) in [6.07, 6.45) is 3.13. The summed E-state index contributed by atoms with van der Waals surface area (Å²) in [6, 6.07) is 9.75. The lowest BCUT2D eigenvalue weighted by molar-refractivity contribution is 0.0796. The van der Waals surface area contributed by atoms with E-state index >= 15 is 0 Å². The summed E-state index contributed by atoms with van der Waals surface area (Å²) in [7, 11) is 1.73. The monoisotopic (exact) mass is 466 g/mol. The molecule has 10 nitrogen and oxygen atoms in total. The van der Waals surface area contributed by atoms with Gasteiger partial charge >= 0.3 is 0 Å². The topological polar surface area (TPSA) is 139 Å². The molecule has 1 atom stereocenters. The van der Waals surface area contributed by atoms with Gasteiger partial charge in [0.15, 0.2) is 0 Å². The van der Waals surface area contributed by atoms with Gasteiger partial charge in [-0.15, -0.1) is 0 Å². The Balaban J connectivity index is 1.63. The third-order valence-electron chi connectivity index (χ3n) is 5.27. The number of carbonyl (C=O) groups excluding carboxylic acids is 2. The van der Waals surface area contributed by atoms with E-state index < -0.39 is 5.91 Å². The first-order chi connectivity index (χ1) is 16.4. The van der Waals surface area contributed by atoms with Crippen LogP contribution in [0.2, 0.25) is 0 Å². The fraction of sp³-hybridized carbons (Fsp3) is 0.292. The standard InChI is InChI=1S/C24H26N4O6/c1-28-7-9-32-21-13-16(2-3-20(21)24(28)30)33-18-10-15(23(29)27-22(26)4-6-25)11-19(12-18)34-17-5-8-31-14-17/h2-4,6,10-13,17H,5,7-9,14,25H2,1H3,(H2,26,27,29)/b6-4-. The Kier molecular flexibility index (Phi) is 6.98. The number of benzene rings is 2. The molecular formula is C24H26N4O6. The summed E-state index contributed by atoms with van der Waals surface area (Å²) in [5, 5.41) is 0. The zero-order chi connectivity index (χ0) is 24.1. The average Bonchev–Trinajstić information content (AvgIpc) is 3.27. The zero-order valence-corrected chi connectivity index (χ0v) is 18.7. The van der Waals surface area contributed by atoms with Gasteiger partial charge in [0.05, 0.1) is 25.3 Å². The first-order valence-electron chi connectivity index (χ1n) is 10.8. The summed E-state index contributed by atoms with van der Waals surface area (Å²) in [5.74, 6) is 0.926. The molecule has 2 aromatic rings. The summed E-state index contributed by atoms with van der Waals surface area (Å²) in [5.41, 5.74) is 11.7. The van der Waals surface area contributed by atoms with E-state index in [1.807, 2.05) is 0 Å². The number of nitrogens with zero attached hydrogens (tertiary/aromatic N) is 2. The maximum absolute atomic E-state index is 12.7. The molecule has 34 heavy (non-hydrogen) atoms. The number of ether oxygens (including phenoxy) is 4. The number of fused-ring (bicyclic) bond motifs is 1. The van der Waals surface area contributed by atoms with Crippen molar-refractivity contribution in [3.63, 3.8) is 0 Å². The van der Waals surface area contributed by atoms with Gasteiger partial charge < -0.3 is 35.3 Å². The Bertz CT molecular complexity index is 1140. The van der Waals surface area contributed by atoms with Gasteiger partial charge in [0.25, 0.3) is 11.8 Å². The van der Waals surface area contributed by atoms with Crippen molar-refractivity contribution in [2.75, 3.05) is 33.4 Å². The highest BCUT2D eigenvalue weighted by Gasteiger charge is 2.22. The molecule has 4 rings (SSSR count). The molecule has 4 N–H and O–H groups in total.